The molecule has 0 amide bonds. The Hall–Kier alpha value is 1.62. The molecule has 2 nitrogen and oxygen atoms in total. The molecule has 0 saturated heterocycles. The van der Waals surface area contributed by atoms with E-state index in [2.05, 4.69) is 312 Å². The fourth-order valence-corrected chi connectivity index (χ4v) is 10.9. The number of hydrogen-bond acceptors (Lipinski definition) is 2. The molecular formula is C55H72Br5F2I4NaO2. The first-order chi connectivity index (χ1) is 30.9. The minimum Gasteiger partial charge on any atom is -1.00 e. The van der Waals surface area contributed by atoms with E-state index in [0.29, 0.717) is 0 Å². The van der Waals surface area contributed by atoms with E-state index in [9.17, 15) is 18.4 Å². The van der Waals surface area contributed by atoms with Crippen LogP contribution in [0.3, 0.4) is 0 Å². The molecule has 382 valence electrons. The maximum Gasteiger partial charge on any atom is 1.00 e. The Labute approximate surface area is 542 Å². The summed E-state index contributed by atoms with van der Waals surface area (Å²) >= 11 is 24.3. The number of hydrogen-bond donors (Lipinski definition) is 0. The number of rotatable bonds is 2. The number of carbonyl (C=O) groups excluding carboxylic acids is 2. The summed E-state index contributed by atoms with van der Waals surface area (Å²) in [5.74, 6) is 0. The fourth-order valence-electron chi connectivity index (χ4n) is 5.19. The molecule has 0 heterocycles. The summed E-state index contributed by atoms with van der Waals surface area (Å²) in [5.41, 5.74) is 8.84. The molecule has 0 aliphatic rings. The number of alkyl halides is 2. The predicted molar refractivity (Wildman–Crippen MR) is 334 cm³/mol. The van der Waals surface area contributed by atoms with E-state index in [4.69, 9.17) is 2.74 Å². The maximum absolute atomic E-state index is 10.6. The standard InChI is InChI=1S/C11H13BrO.C11H13IO.2C10H12Br2.C10H12I2.2CH3F.CH4.HI.Na/c2*1-11(2,3)9-4-8(7-13)5-10(12)6-9;3*1-10(2,3)7-4-8(11)6-9(12)5-7;2*1-2;;;/h2*4-7H,1-3H3;3*4-6H,1-3H3;2*1H3;1H4;1H;/q;;;;;;;;;+1/p-1/i;;;;;2*1D;;;. The SMILES string of the molecule is C.CC(C)(C)c1cc(Br)cc(Br)c1.CC(C)(C)c1cc(Br)cc(Br)c1.CC(C)(C)c1cc(Br)cc(C=O)c1.CC(C)(C)c1cc(I)cc(C=O)c1.CC(C)(C)c1cc(I)cc(I)c1.[2H]CF.[2H]CF.[I-].[Na+]. The summed E-state index contributed by atoms with van der Waals surface area (Å²) in [5, 5.41) is 0. The van der Waals surface area contributed by atoms with E-state index >= 15 is 0 Å². The van der Waals surface area contributed by atoms with Crippen molar-refractivity contribution in [1.29, 1.82) is 0 Å². The molecule has 0 aliphatic carbocycles. The Morgan fingerprint density at radius 3 is 0.826 bits per heavy atom. The fraction of sp³-hybridized carbons (Fsp3) is 0.418. The first-order valence-electron chi connectivity index (χ1n) is 21.9. The van der Waals surface area contributed by atoms with Crippen molar-refractivity contribution in [3.05, 3.63) is 163 Å². The second-order valence-corrected chi connectivity index (χ2v) is 28.3. The van der Waals surface area contributed by atoms with Crippen LogP contribution in [0.15, 0.2) is 113 Å². The van der Waals surface area contributed by atoms with Crippen molar-refractivity contribution < 1.29 is 74.6 Å². The van der Waals surface area contributed by atoms with E-state index in [-0.39, 0.29) is 88.0 Å². The topological polar surface area (TPSA) is 34.1 Å². The zero-order valence-corrected chi connectivity index (χ0v) is 60.8. The molecule has 5 rings (SSSR count). The molecule has 69 heavy (non-hydrogen) atoms. The zero-order chi connectivity index (χ0) is 53.6. The van der Waals surface area contributed by atoms with E-state index < -0.39 is 14.3 Å². The van der Waals surface area contributed by atoms with Gasteiger partial charge >= 0.3 is 29.6 Å². The van der Waals surface area contributed by atoms with Crippen molar-refractivity contribution in [3.8, 4) is 0 Å². The molecule has 14 heteroatoms. The molecule has 0 unspecified atom stereocenters. The van der Waals surface area contributed by atoms with Gasteiger partial charge in [-0.25, -0.2) is 0 Å². The smallest absolute Gasteiger partial charge is 1.00 e. The maximum atomic E-state index is 10.6. The van der Waals surface area contributed by atoms with Crippen molar-refractivity contribution in [3.63, 3.8) is 0 Å². The average molecular weight is 1740 g/mol. The molecule has 5 aromatic rings. The van der Waals surface area contributed by atoms with Crippen LogP contribution in [0.5, 0.6) is 0 Å². The van der Waals surface area contributed by atoms with Gasteiger partial charge in [-0.2, -0.15) is 0 Å². The van der Waals surface area contributed by atoms with Gasteiger partial charge in [-0.3, -0.25) is 18.4 Å². The summed E-state index contributed by atoms with van der Waals surface area (Å²) in [6.45, 7) is 32.8. The largest absolute Gasteiger partial charge is 1.00 e. The number of halogens is 11. The Balaban J connectivity index is -0.000000246. The van der Waals surface area contributed by atoms with Crippen LogP contribution in [-0.4, -0.2) is 26.9 Å². The van der Waals surface area contributed by atoms with Gasteiger partial charge in [-0.15, -0.1) is 0 Å². The van der Waals surface area contributed by atoms with Gasteiger partial charge in [0.15, 0.2) is 0 Å². The quantitative estimate of drug-likeness (QED) is 0.100. The predicted octanol–water partition coefficient (Wildman–Crippen LogP) is 16.0. The van der Waals surface area contributed by atoms with Gasteiger partial charge in [0.2, 0.25) is 0 Å². The van der Waals surface area contributed by atoms with Gasteiger partial charge in [0, 0.05) is 44.2 Å². The van der Waals surface area contributed by atoms with Gasteiger partial charge in [0.05, 0.1) is 17.0 Å². The molecule has 0 saturated carbocycles. The Kier molecular flexibility index (Phi) is 40.6. The summed E-state index contributed by atoms with van der Waals surface area (Å²) in [7, 11) is -2.00. The third-order valence-electron chi connectivity index (χ3n) is 9.03. The first-order valence-corrected chi connectivity index (χ1v) is 27.7. The second kappa shape index (κ2) is 37.4. The molecule has 0 bridgehead atoms. The average Bonchev–Trinajstić information content (AvgIpc) is 3.16. The molecule has 0 radical (unpaired) electrons. The minimum atomic E-state index is -1.00. The zero-order valence-electron chi connectivity index (χ0n) is 44.2. The Morgan fingerprint density at radius 1 is 0.391 bits per heavy atom. The molecule has 0 fully saturated rings. The number of aldehydes is 2. The molecule has 0 N–H and O–H groups in total. The van der Waals surface area contributed by atoms with Crippen molar-refractivity contribution in [2.24, 2.45) is 0 Å². The van der Waals surface area contributed by atoms with Crippen molar-refractivity contribution in [1.82, 2.24) is 0 Å². The van der Waals surface area contributed by atoms with Crippen molar-refractivity contribution in [2.45, 2.75) is 138 Å². The third kappa shape index (κ3) is 34.8. The Bertz CT molecular complexity index is 2050. The normalized spacial score (nSPS) is 11.0. The Morgan fingerprint density at radius 2 is 0.580 bits per heavy atom. The van der Waals surface area contributed by atoms with E-state index in [1.54, 1.807) is 0 Å². The number of carbonyl (C=O) groups is 2. The van der Waals surface area contributed by atoms with Gasteiger partial charge in [-0.1, -0.05) is 191 Å². The van der Waals surface area contributed by atoms with Gasteiger partial charge in [-0.05, 0) is 214 Å². The second-order valence-electron chi connectivity index (χ2n) is 20.0. The molecular weight excluding hydrogens is 1660 g/mol. The summed E-state index contributed by atoms with van der Waals surface area (Å²) < 4.78 is 40.2. The van der Waals surface area contributed by atoms with Crippen LogP contribution in [0, 0.1) is 10.7 Å². The molecule has 0 spiro atoms. The third-order valence-corrected chi connectivity index (χ3v) is 13.2. The van der Waals surface area contributed by atoms with E-state index in [1.165, 1.54) is 35.0 Å². The van der Waals surface area contributed by atoms with Crippen LogP contribution in [0.1, 0.15) is 163 Å². The molecule has 0 atom stereocenters. The van der Waals surface area contributed by atoms with Crippen LogP contribution in [0.25, 0.3) is 0 Å². The number of benzene rings is 5. The van der Waals surface area contributed by atoms with Gasteiger partial charge in [0.25, 0.3) is 0 Å². The summed E-state index contributed by atoms with van der Waals surface area (Å²) in [6.07, 6.45) is 1.78. The van der Waals surface area contributed by atoms with E-state index in [1.807, 2.05) is 30.3 Å². The van der Waals surface area contributed by atoms with E-state index in [0.717, 1.165) is 49.6 Å². The minimum absolute atomic E-state index is 0. The summed E-state index contributed by atoms with van der Waals surface area (Å²) in [4.78, 5) is 21.3. The van der Waals surface area contributed by atoms with Crippen LogP contribution in [-0.2, 0) is 27.1 Å². The van der Waals surface area contributed by atoms with Crippen LogP contribution >= 0.6 is 147 Å². The van der Waals surface area contributed by atoms with Crippen molar-refractivity contribution in [2.75, 3.05) is 14.3 Å². The molecule has 0 aliphatic heterocycles. The van der Waals surface area contributed by atoms with Gasteiger partial charge < -0.3 is 24.0 Å². The van der Waals surface area contributed by atoms with Crippen LogP contribution in [0.2, 0.25) is 0 Å². The van der Waals surface area contributed by atoms with Crippen molar-refractivity contribution >= 4 is 160 Å². The van der Waals surface area contributed by atoms with Crippen LogP contribution < -0.4 is 53.5 Å². The summed E-state index contributed by atoms with van der Waals surface area (Å²) in [6, 6.07) is 31.2. The first kappa shape index (κ1) is 74.9. The van der Waals surface area contributed by atoms with Crippen LogP contribution in [0.4, 0.5) is 8.78 Å². The monoisotopic (exact) mass is 1730 g/mol. The molecule has 0 aromatic heterocycles. The van der Waals surface area contributed by atoms with Gasteiger partial charge in [0.1, 0.15) is 12.6 Å². The molecule has 5 aromatic carbocycles.